The Hall–Kier alpha value is -2.06. The molecule has 252 valence electrons. The Morgan fingerprint density at radius 3 is 2.00 bits per heavy atom. The van der Waals surface area contributed by atoms with Crippen molar-refractivity contribution in [3.05, 3.63) is 72.9 Å². The fourth-order valence-corrected chi connectivity index (χ4v) is 4.80. The van der Waals surface area contributed by atoms with Crippen LogP contribution in [0.2, 0.25) is 0 Å². The van der Waals surface area contributed by atoms with Gasteiger partial charge in [0.2, 0.25) is 5.91 Å². The summed E-state index contributed by atoms with van der Waals surface area (Å²) in [4.78, 5) is 22.4. The standard InChI is InChI=1S/C35H61N2O6P/c1-3-5-7-9-11-13-15-17-19-21-23-25-27-29-35(39)37-33(32-43-44(40,41)42-31-30-36)34(38)28-26-24-22-20-18-16-14-12-10-8-6-4-2/h5,7,11,13,17-20,23,25-26,28,33-34,38H,3-4,6,8-10,12,14-16,21-22,24,27,29-32,36H2,1-2H3,(H,37,39)(H,40,41)/b7-5-,13-11-,19-17-,20-18+,25-23-,28-26+. The number of phosphoric acid groups is 1. The Bertz CT molecular complexity index is 913. The predicted octanol–water partition coefficient (Wildman–Crippen LogP) is 8.15. The van der Waals surface area contributed by atoms with Gasteiger partial charge < -0.3 is 21.1 Å². The average molecular weight is 637 g/mol. The molecule has 5 N–H and O–H groups in total. The summed E-state index contributed by atoms with van der Waals surface area (Å²) in [5.41, 5.74) is 5.33. The lowest BCUT2D eigenvalue weighted by Crippen LogP contribution is -2.45. The molecule has 0 saturated carbocycles. The third-order valence-corrected chi connectivity index (χ3v) is 7.51. The van der Waals surface area contributed by atoms with Gasteiger partial charge in [-0.2, -0.15) is 0 Å². The minimum Gasteiger partial charge on any atom is -0.387 e. The number of carbonyl (C=O) groups is 1. The lowest BCUT2D eigenvalue weighted by molar-refractivity contribution is -0.122. The highest BCUT2D eigenvalue weighted by Crippen LogP contribution is 2.43. The second-order valence-corrected chi connectivity index (χ2v) is 12.1. The highest BCUT2D eigenvalue weighted by Gasteiger charge is 2.26. The molecular weight excluding hydrogens is 575 g/mol. The van der Waals surface area contributed by atoms with Crippen LogP contribution in [0.15, 0.2) is 72.9 Å². The number of rotatable bonds is 29. The van der Waals surface area contributed by atoms with Crippen molar-refractivity contribution in [1.29, 1.82) is 0 Å². The molecule has 0 aromatic rings. The number of allylic oxidation sites excluding steroid dienone is 11. The van der Waals surface area contributed by atoms with Crippen molar-refractivity contribution in [3.8, 4) is 0 Å². The molecule has 0 aliphatic carbocycles. The molecule has 44 heavy (non-hydrogen) atoms. The topological polar surface area (TPSA) is 131 Å². The van der Waals surface area contributed by atoms with Gasteiger partial charge in [-0.1, -0.05) is 119 Å². The molecule has 3 unspecified atom stereocenters. The van der Waals surface area contributed by atoms with Crippen LogP contribution in [0.4, 0.5) is 0 Å². The van der Waals surface area contributed by atoms with Gasteiger partial charge in [-0.15, -0.1) is 0 Å². The quantitative estimate of drug-likeness (QED) is 0.0370. The summed E-state index contributed by atoms with van der Waals surface area (Å²) >= 11 is 0. The number of nitrogens with two attached hydrogens (primary N) is 1. The van der Waals surface area contributed by atoms with Crippen LogP contribution in [0.3, 0.4) is 0 Å². The first-order valence-corrected chi connectivity index (χ1v) is 18.1. The van der Waals surface area contributed by atoms with Crippen molar-refractivity contribution in [2.75, 3.05) is 19.8 Å². The fraction of sp³-hybridized carbons (Fsp3) is 0.629. The van der Waals surface area contributed by atoms with Gasteiger partial charge in [0.1, 0.15) is 0 Å². The van der Waals surface area contributed by atoms with E-state index in [2.05, 4.69) is 67.8 Å². The molecule has 3 atom stereocenters. The summed E-state index contributed by atoms with van der Waals surface area (Å²) < 4.78 is 21.9. The second-order valence-electron chi connectivity index (χ2n) is 10.6. The van der Waals surface area contributed by atoms with E-state index in [0.717, 1.165) is 44.9 Å². The van der Waals surface area contributed by atoms with E-state index in [1.54, 1.807) is 6.08 Å². The SMILES string of the molecule is CC/C=C\C/C=C\C/C=C\C/C=C\CCC(=O)NC(COP(=O)(O)OCCN)C(O)/C=C/CC/C=C/CCCCCCCC. The van der Waals surface area contributed by atoms with Crippen LogP contribution < -0.4 is 11.1 Å². The zero-order valence-corrected chi connectivity index (χ0v) is 28.3. The number of nitrogens with one attached hydrogen (secondary N) is 1. The molecule has 0 aromatic heterocycles. The number of carbonyl (C=O) groups excluding carboxylic acids is 1. The zero-order chi connectivity index (χ0) is 32.6. The van der Waals surface area contributed by atoms with E-state index < -0.39 is 26.6 Å². The lowest BCUT2D eigenvalue weighted by Gasteiger charge is -2.23. The third kappa shape index (κ3) is 28.7. The highest BCUT2D eigenvalue weighted by molar-refractivity contribution is 7.47. The summed E-state index contributed by atoms with van der Waals surface area (Å²) in [5, 5.41) is 13.4. The van der Waals surface area contributed by atoms with Gasteiger partial charge >= 0.3 is 7.82 Å². The molecular formula is C35H61N2O6P. The van der Waals surface area contributed by atoms with Gasteiger partial charge in [0.25, 0.3) is 0 Å². The van der Waals surface area contributed by atoms with Crippen LogP contribution in [0.25, 0.3) is 0 Å². The molecule has 0 fully saturated rings. The number of unbranched alkanes of at least 4 members (excludes halogenated alkanes) is 7. The molecule has 9 heteroatoms. The van der Waals surface area contributed by atoms with Crippen LogP contribution in [-0.4, -0.2) is 47.8 Å². The minimum atomic E-state index is -4.36. The first kappa shape index (κ1) is 41.9. The first-order valence-electron chi connectivity index (χ1n) is 16.6. The normalized spacial score (nSPS) is 15.5. The fourth-order valence-electron chi connectivity index (χ4n) is 4.04. The first-order chi connectivity index (χ1) is 21.4. The molecule has 0 radical (unpaired) electrons. The van der Waals surface area contributed by atoms with Crippen molar-refractivity contribution in [2.24, 2.45) is 5.73 Å². The van der Waals surface area contributed by atoms with Gasteiger partial charge in [-0.25, -0.2) is 4.57 Å². The van der Waals surface area contributed by atoms with E-state index in [-0.39, 0.29) is 25.5 Å². The number of hydrogen-bond donors (Lipinski definition) is 4. The van der Waals surface area contributed by atoms with Gasteiger partial charge in [0, 0.05) is 13.0 Å². The number of amides is 1. The number of aliphatic hydroxyl groups excluding tert-OH is 1. The Kier molecular flexibility index (Phi) is 29.5. The molecule has 0 aliphatic rings. The van der Waals surface area contributed by atoms with E-state index in [1.165, 1.54) is 38.5 Å². The molecule has 1 amide bonds. The Morgan fingerprint density at radius 1 is 0.773 bits per heavy atom. The van der Waals surface area contributed by atoms with Crippen molar-refractivity contribution in [1.82, 2.24) is 5.32 Å². The van der Waals surface area contributed by atoms with Crippen molar-refractivity contribution in [2.45, 2.75) is 122 Å². The number of phosphoric ester groups is 1. The smallest absolute Gasteiger partial charge is 0.387 e. The van der Waals surface area contributed by atoms with Crippen LogP contribution in [0.1, 0.15) is 110 Å². The van der Waals surface area contributed by atoms with Gasteiger partial charge in [0.15, 0.2) is 0 Å². The molecule has 0 heterocycles. The Balaban J connectivity index is 4.62. The number of hydrogen-bond acceptors (Lipinski definition) is 6. The van der Waals surface area contributed by atoms with Crippen LogP contribution in [0.5, 0.6) is 0 Å². The Morgan fingerprint density at radius 2 is 1.34 bits per heavy atom. The highest BCUT2D eigenvalue weighted by atomic mass is 31.2. The zero-order valence-electron chi connectivity index (χ0n) is 27.4. The summed E-state index contributed by atoms with van der Waals surface area (Å²) in [6.07, 6.45) is 38.2. The maximum absolute atomic E-state index is 12.6. The maximum Gasteiger partial charge on any atom is 0.472 e. The summed E-state index contributed by atoms with van der Waals surface area (Å²) in [6.45, 7) is 3.87. The molecule has 0 bridgehead atoms. The molecule has 0 rings (SSSR count). The van der Waals surface area contributed by atoms with Crippen LogP contribution in [-0.2, 0) is 18.4 Å². The van der Waals surface area contributed by atoms with E-state index in [1.807, 2.05) is 18.2 Å². The van der Waals surface area contributed by atoms with E-state index in [9.17, 15) is 19.4 Å². The van der Waals surface area contributed by atoms with Crippen molar-refractivity contribution >= 4 is 13.7 Å². The van der Waals surface area contributed by atoms with Crippen LogP contribution >= 0.6 is 7.82 Å². The number of aliphatic hydroxyl groups is 1. The molecule has 8 nitrogen and oxygen atoms in total. The second kappa shape index (κ2) is 30.9. The van der Waals surface area contributed by atoms with E-state index in [0.29, 0.717) is 6.42 Å². The molecule has 0 saturated heterocycles. The molecule has 0 aromatic carbocycles. The Labute approximate surface area is 267 Å². The summed E-state index contributed by atoms with van der Waals surface area (Å²) in [7, 11) is -4.36. The van der Waals surface area contributed by atoms with Crippen LogP contribution in [0, 0.1) is 0 Å². The lowest BCUT2D eigenvalue weighted by atomic mass is 10.1. The average Bonchev–Trinajstić information content (AvgIpc) is 3.01. The molecule has 0 aliphatic heterocycles. The van der Waals surface area contributed by atoms with Gasteiger partial charge in [-0.3, -0.25) is 13.8 Å². The maximum atomic E-state index is 12.6. The summed E-state index contributed by atoms with van der Waals surface area (Å²) in [5.74, 6) is -0.290. The largest absolute Gasteiger partial charge is 0.472 e. The van der Waals surface area contributed by atoms with Gasteiger partial charge in [-0.05, 0) is 57.8 Å². The minimum absolute atomic E-state index is 0.0597. The predicted molar refractivity (Wildman–Crippen MR) is 184 cm³/mol. The molecule has 0 spiro atoms. The third-order valence-electron chi connectivity index (χ3n) is 6.53. The monoisotopic (exact) mass is 636 g/mol. The summed E-state index contributed by atoms with van der Waals surface area (Å²) in [6, 6.07) is -0.915. The van der Waals surface area contributed by atoms with E-state index in [4.69, 9.17) is 14.8 Å². The van der Waals surface area contributed by atoms with Crippen molar-refractivity contribution in [3.63, 3.8) is 0 Å². The van der Waals surface area contributed by atoms with Crippen molar-refractivity contribution < 1.29 is 28.4 Å². The van der Waals surface area contributed by atoms with E-state index >= 15 is 0 Å². The van der Waals surface area contributed by atoms with Gasteiger partial charge in [0.05, 0.1) is 25.4 Å².